The Hall–Kier alpha value is -1.89. The maximum atomic E-state index is 12.5. The molecule has 132 valence electrons. The fourth-order valence-electron chi connectivity index (χ4n) is 4.09. The first-order chi connectivity index (χ1) is 11.4. The molecule has 3 heterocycles. The highest BCUT2D eigenvalue weighted by Gasteiger charge is 2.48. The molecule has 1 atom stereocenters. The van der Waals surface area contributed by atoms with Gasteiger partial charge in [-0.3, -0.25) is 14.5 Å². The van der Waals surface area contributed by atoms with Crippen molar-refractivity contribution in [3.63, 3.8) is 0 Å². The number of hydrogen-bond donors (Lipinski definition) is 1. The molecule has 2 aliphatic heterocycles. The van der Waals surface area contributed by atoms with Gasteiger partial charge < -0.3 is 14.5 Å². The van der Waals surface area contributed by atoms with Crippen molar-refractivity contribution in [3.8, 4) is 0 Å². The van der Waals surface area contributed by atoms with Crippen LogP contribution in [0.1, 0.15) is 48.9 Å². The number of hydrogen-bond acceptors (Lipinski definition) is 5. The molecule has 0 unspecified atom stereocenters. The summed E-state index contributed by atoms with van der Waals surface area (Å²) in [7, 11) is 0. The van der Waals surface area contributed by atoms with Crippen LogP contribution in [0, 0.1) is 12.3 Å². The van der Waals surface area contributed by atoms with Gasteiger partial charge in [0.1, 0.15) is 11.8 Å². The maximum absolute atomic E-state index is 12.5. The van der Waals surface area contributed by atoms with Crippen LogP contribution in [0.4, 0.5) is 0 Å². The lowest BCUT2D eigenvalue weighted by atomic mass is 9.76. The van der Waals surface area contributed by atoms with Gasteiger partial charge in [0, 0.05) is 25.7 Å². The third-order valence-corrected chi connectivity index (χ3v) is 5.36. The number of rotatable bonds is 4. The Kier molecular flexibility index (Phi) is 4.62. The van der Waals surface area contributed by atoms with Crippen LogP contribution in [-0.4, -0.2) is 64.2 Å². The van der Waals surface area contributed by atoms with Crippen LogP contribution in [0.3, 0.4) is 0 Å². The zero-order valence-corrected chi connectivity index (χ0v) is 14.3. The predicted octanol–water partition coefficient (Wildman–Crippen LogP) is 1.77. The Morgan fingerprint density at radius 3 is 2.67 bits per heavy atom. The van der Waals surface area contributed by atoms with E-state index in [9.17, 15) is 14.7 Å². The quantitative estimate of drug-likeness (QED) is 0.902. The first kappa shape index (κ1) is 17.0. The Bertz CT molecular complexity index is 619. The molecule has 24 heavy (non-hydrogen) atoms. The number of aromatic nitrogens is 1. The van der Waals surface area contributed by atoms with E-state index in [0.717, 1.165) is 32.4 Å². The third kappa shape index (κ3) is 3.17. The second-order valence-electron chi connectivity index (χ2n) is 7.14. The van der Waals surface area contributed by atoms with Gasteiger partial charge >= 0.3 is 5.97 Å². The monoisotopic (exact) mass is 335 g/mol. The van der Waals surface area contributed by atoms with Crippen LogP contribution < -0.4 is 0 Å². The summed E-state index contributed by atoms with van der Waals surface area (Å²) >= 11 is 0. The summed E-state index contributed by atoms with van der Waals surface area (Å²) in [6.07, 6.45) is 3.34. The SMILES string of the molecule is CCCN1CC2(CCN(C(=O)c3cc(C)on3)CC2)C[C@@H]1C(=O)O. The van der Waals surface area contributed by atoms with E-state index in [1.807, 2.05) is 0 Å². The highest BCUT2D eigenvalue weighted by molar-refractivity contribution is 5.92. The maximum Gasteiger partial charge on any atom is 0.320 e. The van der Waals surface area contributed by atoms with Crippen molar-refractivity contribution in [2.75, 3.05) is 26.2 Å². The Balaban J connectivity index is 1.64. The minimum absolute atomic E-state index is 0.0226. The Labute approximate surface area is 141 Å². The van der Waals surface area contributed by atoms with Gasteiger partial charge in [-0.25, -0.2) is 0 Å². The van der Waals surface area contributed by atoms with E-state index in [0.29, 0.717) is 31.0 Å². The molecule has 0 aromatic carbocycles. The molecule has 1 spiro atoms. The fraction of sp³-hybridized carbons (Fsp3) is 0.706. The Morgan fingerprint density at radius 2 is 2.12 bits per heavy atom. The molecule has 1 aromatic rings. The summed E-state index contributed by atoms with van der Waals surface area (Å²) in [6, 6.07) is 1.27. The molecule has 1 N–H and O–H groups in total. The van der Waals surface area contributed by atoms with E-state index < -0.39 is 5.97 Å². The second kappa shape index (κ2) is 6.55. The highest BCUT2D eigenvalue weighted by Crippen LogP contribution is 2.43. The fourth-order valence-corrected chi connectivity index (χ4v) is 4.09. The molecule has 2 fully saturated rings. The molecule has 0 radical (unpaired) electrons. The van der Waals surface area contributed by atoms with Gasteiger partial charge in [-0.2, -0.15) is 0 Å². The third-order valence-electron chi connectivity index (χ3n) is 5.36. The van der Waals surface area contributed by atoms with Gasteiger partial charge in [-0.05, 0) is 44.6 Å². The Morgan fingerprint density at radius 1 is 1.42 bits per heavy atom. The van der Waals surface area contributed by atoms with Gasteiger partial charge in [-0.15, -0.1) is 0 Å². The van der Waals surface area contributed by atoms with Crippen molar-refractivity contribution in [1.29, 1.82) is 0 Å². The summed E-state index contributed by atoms with van der Waals surface area (Å²) in [5, 5.41) is 13.3. The van der Waals surface area contributed by atoms with E-state index in [-0.39, 0.29) is 17.4 Å². The average molecular weight is 335 g/mol. The van der Waals surface area contributed by atoms with Crippen molar-refractivity contribution in [1.82, 2.24) is 15.0 Å². The minimum atomic E-state index is -0.725. The molecule has 1 aromatic heterocycles. The largest absolute Gasteiger partial charge is 0.480 e. The van der Waals surface area contributed by atoms with Crippen molar-refractivity contribution in [3.05, 3.63) is 17.5 Å². The zero-order chi connectivity index (χ0) is 17.3. The van der Waals surface area contributed by atoms with E-state index in [1.165, 1.54) is 0 Å². The number of carboxylic acid groups (broad SMARTS) is 1. The first-order valence-corrected chi connectivity index (χ1v) is 8.63. The van der Waals surface area contributed by atoms with Crippen LogP contribution in [0.15, 0.2) is 10.6 Å². The molecule has 2 saturated heterocycles. The van der Waals surface area contributed by atoms with Crippen molar-refractivity contribution in [2.45, 2.75) is 45.6 Å². The molecule has 7 nitrogen and oxygen atoms in total. The van der Waals surface area contributed by atoms with Crippen molar-refractivity contribution >= 4 is 11.9 Å². The van der Waals surface area contributed by atoms with Gasteiger partial charge in [0.25, 0.3) is 5.91 Å². The lowest BCUT2D eigenvalue weighted by Crippen LogP contribution is -2.44. The number of carbonyl (C=O) groups is 2. The summed E-state index contributed by atoms with van der Waals surface area (Å²) in [6.45, 7) is 6.78. The first-order valence-electron chi connectivity index (χ1n) is 8.63. The molecular formula is C17H25N3O4. The molecule has 1 amide bonds. The number of carbonyl (C=O) groups excluding carboxylic acids is 1. The standard InChI is InChI=1S/C17H25N3O4/c1-3-6-20-11-17(10-14(20)16(22)23)4-7-19(8-5-17)15(21)13-9-12(2)24-18-13/h9,14H,3-8,10-11H2,1-2H3,(H,22,23)/t14-/m1/s1. The number of aryl methyl sites for hydroxylation is 1. The zero-order valence-electron chi connectivity index (χ0n) is 14.3. The van der Waals surface area contributed by atoms with Crippen LogP contribution in [-0.2, 0) is 4.79 Å². The summed E-state index contributed by atoms with van der Waals surface area (Å²) in [5.74, 6) is -0.195. The summed E-state index contributed by atoms with van der Waals surface area (Å²) in [5.41, 5.74) is 0.375. The molecule has 3 rings (SSSR count). The van der Waals surface area contributed by atoms with Gasteiger partial charge in [0.15, 0.2) is 5.69 Å². The lowest BCUT2D eigenvalue weighted by Gasteiger charge is -2.39. The van der Waals surface area contributed by atoms with Gasteiger partial charge in [0.05, 0.1) is 0 Å². The molecule has 0 saturated carbocycles. The van der Waals surface area contributed by atoms with E-state index >= 15 is 0 Å². The number of aliphatic carboxylic acids is 1. The number of amides is 1. The molecule has 7 heteroatoms. The van der Waals surface area contributed by atoms with Gasteiger partial charge in [-0.1, -0.05) is 12.1 Å². The molecule has 2 aliphatic rings. The van der Waals surface area contributed by atoms with E-state index in [1.54, 1.807) is 17.9 Å². The minimum Gasteiger partial charge on any atom is -0.480 e. The van der Waals surface area contributed by atoms with Crippen molar-refractivity contribution < 1.29 is 19.2 Å². The van der Waals surface area contributed by atoms with Crippen molar-refractivity contribution in [2.24, 2.45) is 5.41 Å². The van der Waals surface area contributed by atoms with Crippen LogP contribution in [0.2, 0.25) is 0 Å². The summed E-state index contributed by atoms with van der Waals surface area (Å²) < 4.78 is 4.98. The molecular weight excluding hydrogens is 310 g/mol. The number of likely N-dealkylation sites (tertiary alicyclic amines) is 2. The van der Waals surface area contributed by atoms with E-state index in [2.05, 4.69) is 17.0 Å². The number of nitrogens with zero attached hydrogens (tertiary/aromatic N) is 3. The summed E-state index contributed by atoms with van der Waals surface area (Å²) in [4.78, 5) is 27.9. The van der Waals surface area contributed by atoms with Gasteiger partial charge in [0.2, 0.25) is 0 Å². The predicted molar refractivity (Wildman–Crippen MR) is 86.7 cm³/mol. The van der Waals surface area contributed by atoms with Crippen LogP contribution in [0.25, 0.3) is 0 Å². The average Bonchev–Trinajstić information content (AvgIpc) is 3.13. The van der Waals surface area contributed by atoms with Crippen LogP contribution >= 0.6 is 0 Å². The number of piperidine rings is 1. The number of carboxylic acids is 1. The highest BCUT2D eigenvalue weighted by atomic mass is 16.5. The normalized spacial score (nSPS) is 23.8. The smallest absolute Gasteiger partial charge is 0.320 e. The molecule has 0 bridgehead atoms. The lowest BCUT2D eigenvalue weighted by molar-refractivity contribution is -0.142. The topological polar surface area (TPSA) is 86.9 Å². The van der Waals surface area contributed by atoms with E-state index in [4.69, 9.17) is 4.52 Å². The second-order valence-corrected chi connectivity index (χ2v) is 7.14. The molecule has 0 aliphatic carbocycles. The van der Waals surface area contributed by atoms with Crippen LogP contribution in [0.5, 0.6) is 0 Å².